The van der Waals surface area contributed by atoms with Gasteiger partial charge < -0.3 is 0 Å². The van der Waals surface area contributed by atoms with Gasteiger partial charge in [-0.15, -0.1) is 0 Å². The van der Waals surface area contributed by atoms with Crippen LogP contribution in [0.3, 0.4) is 0 Å². The predicted molar refractivity (Wildman–Crippen MR) is 36.5 cm³/mol. The van der Waals surface area contributed by atoms with Crippen molar-refractivity contribution in [3.05, 3.63) is 0 Å². The van der Waals surface area contributed by atoms with Gasteiger partial charge in [0.05, 0.1) is 0 Å². The molecule has 0 aliphatic carbocycles. The summed E-state index contributed by atoms with van der Waals surface area (Å²) in [6.07, 6.45) is -0.176. The van der Waals surface area contributed by atoms with Crippen LogP contribution in [0.15, 0.2) is 0 Å². The van der Waals surface area contributed by atoms with Crippen molar-refractivity contribution in [1.29, 1.82) is 0 Å². The van der Waals surface area contributed by atoms with Crippen molar-refractivity contribution < 1.29 is 5.11 Å². The average molecular weight is 182 g/mol. The van der Waals surface area contributed by atoms with Crippen molar-refractivity contribution in [1.82, 2.24) is 4.90 Å². The summed E-state index contributed by atoms with van der Waals surface area (Å²) in [6, 6.07) is 0. The van der Waals surface area contributed by atoms with Crippen LogP contribution in [0, 0.1) is 0 Å². The molecule has 0 aliphatic rings. The molecule has 8 heavy (non-hydrogen) atoms. The van der Waals surface area contributed by atoms with Crippen molar-refractivity contribution >= 4 is 16.0 Å². The van der Waals surface area contributed by atoms with Gasteiger partial charge in [0.25, 0.3) is 0 Å². The topological polar surface area (TPSA) is 23.5 Å². The van der Waals surface area contributed by atoms with Crippen LogP contribution in [0.2, 0.25) is 5.32 Å². The molecule has 0 aliphatic heterocycles. The van der Waals surface area contributed by atoms with Crippen molar-refractivity contribution in [2.45, 2.75) is 11.4 Å². The third kappa shape index (κ3) is 4.59. The first-order chi connectivity index (χ1) is 3.66. The molecule has 0 saturated heterocycles. The summed E-state index contributed by atoms with van der Waals surface area (Å²) >= 11 is 2.38. The van der Waals surface area contributed by atoms with E-state index >= 15 is 0 Å². The van der Waals surface area contributed by atoms with Crippen LogP contribution in [0.25, 0.3) is 0 Å². The molecule has 1 atom stereocenters. The van der Waals surface area contributed by atoms with Gasteiger partial charge in [0.15, 0.2) is 0 Å². The Morgan fingerprint density at radius 1 is 1.62 bits per heavy atom. The number of aliphatic hydroxyl groups is 1. The predicted octanol–water partition coefficient (Wildman–Crippen LogP) is -0.772. The fourth-order valence-corrected chi connectivity index (χ4v) is 0.721. The maximum absolute atomic E-state index is 8.97. The molecular formula is C5H13NOSe. The molecule has 50 valence electrons. The van der Waals surface area contributed by atoms with Crippen molar-refractivity contribution in [3.63, 3.8) is 0 Å². The molecule has 1 unspecified atom stereocenters. The minimum absolute atomic E-state index is 0.176. The Bertz CT molecular complexity index is 58.4. The summed E-state index contributed by atoms with van der Waals surface area (Å²) in [5.41, 5.74) is 0. The van der Waals surface area contributed by atoms with E-state index in [1.807, 2.05) is 19.0 Å². The van der Waals surface area contributed by atoms with E-state index in [1.165, 1.54) is 0 Å². The Morgan fingerprint density at radius 3 is 2.25 bits per heavy atom. The summed E-state index contributed by atoms with van der Waals surface area (Å²) in [5, 5.41) is 9.75. The van der Waals surface area contributed by atoms with Crippen molar-refractivity contribution in [2.24, 2.45) is 0 Å². The Balaban J connectivity index is 3.10. The quantitative estimate of drug-likeness (QED) is 0.579. The summed E-state index contributed by atoms with van der Waals surface area (Å²) in [7, 11) is 3.90. The van der Waals surface area contributed by atoms with Crippen LogP contribution in [-0.4, -0.2) is 52.8 Å². The minimum atomic E-state index is -0.176. The standard InChI is InChI=1S/C5H13NOSe/c1-6(2)3-5(7)4-8/h5,7-8H,3-4H2,1-2H3. The molecule has 0 radical (unpaired) electrons. The Kier molecular flexibility index (Phi) is 4.57. The fraction of sp³-hybridized carbons (Fsp3) is 1.00. The van der Waals surface area contributed by atoms with Crippen LogP contribution in [0.5, 0.6) is 0 Å². The van der Waals surface area contributed by atoms with Gasteiger partial charge in [0.2, 0.25) is 0 Å². The van der Waals surface area contributed by atoms with Gasteiger partial charge in [-0.05, 0) is 0 Å². The Hall–Kier alpha value is 0.439. The van der Waals surface area contributed by atoms with E-state index in [0.717, 1.165) is 11.9 Å². The van der Waals surface area contributed by atoms with Gasteiger partial charge in [-0.25, -0.2) is 0 Å². The molecule has 0 aromatic rings. The monoisotopic (exact) mass is 183 g/mol. The zero-order valence-electron chi connectivity index (χ0n) is 5.33. The number of hydrogen-bond donors (Lipinski definition) is 1. The average Bonchev–Trinajstić information content (AvgIpc) is 1.65. The van der Waals surface area contributed by atoms with Crippen LogP contribution in [-0.2, 0) is 0 Å². The van der Waals surface area contributed by atoms with Gasteiger partial charge in [0.1, 0.15) is 0 Å². The SMILES string of the molecule is CN(C)CC(O)C[SeH]. The summed E-state index contributed by atoms with van der Waals surface area (Å²) in [4.78, 5) is 1.97. The molecule has 0 bridgehead atoms. The summed E-state index contributed by atoms with van der Waals surface area (Å²) in [6.45, 7) is 0.759. The van der Waals surface area contributed by atoms with Crippen molar-refractivity contribution in [2.75, 3.05) is 20.6 Å². The third-order valence-electron chi connectivity index (χ3n) is 0.787. The molecular weight excluding hydrogens is 169 g/mol. The van der Waals surface area contributed by atoms with Crippen LogP contribution < -0.4 is 0 Å². The number of hydrogen-bond acceptors (Lipinski definition) is 2. The van der Waals surface area contributed by atoms with Gasteiger partial charge in [-0.2, -0.15) is 0 Å². The van der Waals surface area contributed by atoms with E-state index in [0.29, 0.717) is 0 Å². The Labute approximate surface area is 58.7 Å². The zero-order chi connectivity index (χ0) is 6.57. The van der Waals surface area contributed by atoms with Crippen LogP contribution in [0.1, 0.15) is 0 Å². The first kappa shape index (κ1) is 8.44. The molecule has 0 aromatic heterocycles. The second-order valence-electron chi connectivity index (χ2n) is 2.10. The molecule has 0 fully saturated rings. The van der Waals surface area contributed by atoms with Crippen LogP contribution in [0.4, 0.5) is 0 Å². The first-order valence-corrected chi connectivity index (χ1v) is 3.93. The van der Waals surface area contributed by atoms with E-state index in [9.17, 15) is 0 Å². The van der Waals surface area contributed by atoms with E-state index < -0.39 is 0 Å². The van der Waals surface area contributed by atoms with Gasteiger partial charge >= 0.3 is 58.1 Å². The van der Waals surface area contributed by atoms with Crippen LogP contribution >= 0.6 is 0 Å². The van der Waals surface area contributed by atoms with Gasteiger partial charge in [0, 0.05) is 0 Å². The first-order valence-electron chi connectivity index (χ1n) is 2.60. The molecule has 0 spiro atoms. The van der Waals surface area contributed by atoms with Gasteiger partial charge in [-0.3, -0.25) is 0 Å². The van der Waals surface area contributed by atoms with E-state index in [4.69, 9.17) is 5.11 Å². The second kappa shape index (κ2) is 4.33. The number of likely N-dealkylation sites (N-methyl/N-ethyl adjacent to an activating group) is 1. The molecule has 0 amide bonds. The normalized spacial score (nSPS) is 14.6. The number of rotatable bonds is 3. The molecule has 0 aromatic carbocycles. The molecule has 0 heterocycles. The van der Waals surface area contributed by atoms with E-state index in [-0.39, 0.29) is 6.10 Å². The van der Waals surface area contributed by atoms with Crippen molar-refractivity contribution in [3.8, 4) is 0 Å². The molecule has 1 N–H and O–H groups in total. The molecule has 0 saturated carbocycles. The zero-order valence-corrected chi connectivity index (χ0v) is 7.21. The van der Waals surface area contributed by atoms with Gasteiger partial charge in [-0.1, -0.05) is 0 Å². The molecule has 2 nitrogen and oxygen atoms in total. The maximum atomic E-state index is 8.97. The fourth-order valence-electron chi connectivity index (χ4n) is 0.479. The number of aliphatic hydroxyl groups excluding tert-OH is 1. The Morgan fingerprint density at radius 2 is 2.12 bits per heavy atom. The summed E-state index contributed by atoms with van der Waals surface area (Å²) < 4.78 is 0. The van der Waals surface area contributed by atoms with E-state index in [1.54, 1.807) is 0 Å². The third-order valence-corrected chi connectivity index (χ3v) is 1.67. The molecule has 3 heteroatoms. The van der Waals surface area contributed by atoms with E-state index in [2.05, 4.69) is 16.0 Å². The number of nitrogens with zero attached hydrogens (tertiary/aromatic N) is 1. The summed E-state index contributed by atoms with van der Waals surface area (Å²) in [5.74, 6) is 0. The second-order valence-corrected chi connectivity index (χ2v) is 2.86. The molecule has 0 rings (SSSR count).